The van der Waals surface area contributed by atoms with Crippen LogP contribution in [0.2, 0.25) is 0 Å². The number of likely N-dealkylation sites (tertiary alicyclic amines) is 1. The van der Waals surface area contributed by atoms with Crippen molar-refractivity contribution in [3.05, 3.63) is 22.4 Å². The van der Waals surface area contributed by atoms with Crippen molar-refractivity contribution in [1.29, 1.82) is 0 Å². The summed E-state index contributed by atoms with van der Waals surface area (Å²) in [6.45, 7) is 3.50. The third-order valence-electron chi connectivity index (χ3n) is 4.38. The topological polar surface area (TPSA) is 70.1 Å². The molecule has 3 rings (SSSR count). The van der Waals surface area contributed by atoms with Crippen LogP contribution in [0, 0.1) is 11.8 Å². The largest absolute Gasteiger partial charge is 0.490 e. The number of carboxylic acid groups (broad SMARTS) is 1. The molecule has 146 valence electrons. The number of thiophene rings is 1. The smallest absolute Gasteiger partial charge is 0.475 e. The van der Waals surface area contributed by atoms with E-state index in [1.165, 1.54) is 5.56 Å². The molecule has 1 N–H and O–H groups in total. The summed E-state index contributed by atoms with van der Waals surface area (Å²) in [7, 11) is 3.65. The predicted molar refractivity (Wildman–Crippen MR) is 88.7 cm³/mol. The Morgan fingerprint density at radius 3 is 2.54 bits per heavy atom. The van der Waals surface area contributed by atoms with Crippen LogP contribution in [-0.2, 0) is 20.9 Å². The minimum absolute atomic E-state index is 0.0486. The molecular weight excluding hydrogens is 373 g/mol. The van der Waals surface area contributed by atoms with Crippen molar-refractivity contribution in [3.63, 3.8) is 0 Å². The number of fused-ring (bicyclic) bond motifs is 1. The van der Waals surface area contributed by atoms with Crippen molar-refractivity contribution in [2.45, 2.75) is 18.8 Å². The number of rotatable bonds is 3. The number of hydrogen-bond donors (Lipinski definition) is 1. The molecule has 1 aromatic rings. The lowest BCUT2D eigenvalue weighted by atomic mass is 9.92. The monoisotopic (exact) mass is 394 g/mol. The minimum atomic E-state index is -5.08. The number of nitrogens with zero attached hydrogens (tertiary/aromatic N) is 2. The lowest BCUT2D eigenvalue weighted by Crippen LogP contribution is -2.35. The van der Waals surface area contributed by atoms with Gasteiger partial charge in [0.1, 0.15) is 0 Å². The van der Waals surface area contributed by atoms with Gasteiger partial charge < -0.3 is 14.7 Å². The highest BCUT2D eigenvalue weighted by Gasteiger charge is 2.47. The number of halogens is 3. The van der Waals surface area contributed by atoms with Gasteiger partial charge in [-0.2, -0.15) is 24.5 Å². The summed E-state index contributed by atoms with van der Waals surface area (Å²) in [6.07, 6.45) is -4.84. The first-order chi connectivity index (χ1) is 12.1. The molecule has 2 aliphatic rings. The third-order valence-corrected chi connectivity index (χ3v) is 5.11. The maximum absolute atomic E-state index is 12.1. The molecule has 1 amide bonds. The Balaban J connectivity index is 0.000000298. The zero-order chi connectivity index (χ0) is 19.5. The SMILES string of the molecule is CN(C)C(=O)[C@H]1CO[C@@H]2CN(Cc3ccsc3)C[C@H]12.O=C(O)C(F)(F)F. The van der Waals surface area contributed by atoms with Gasteiger partial charge in [0.2, 0.25) is 5.91 Å². The number of alkyl halides is 3. The van der Waals surface area contributed by atoms with Crippen LogP contribution in [0.25, 0.3) is 0 Å². The Hall–Kier alpha value is -1.65. The quantitative estimate of drug-likeness (QED) is 0.848. The van der Waals surface area contributed by atoms with E-state index in [1.54, 1.807) is 16.2 Å². The Morgan fingerprint density at radius 2 is 2.04 bits per heavy atom. The van der Waals surface area contributed by atoms with E-state index in [4.69, 9.17) is 14.6 Å². The standard InChI is InChI=1S/C14H20N2O2S.C2HF3O2/c1-15(2)14(17)12-8-18-13-7-16(6-11(12)13)5-10-3-4-19-9-10;3-2(4,5)1(6)7/h3-4,9,11-13H,5-8H2,1-2H3;(H,6,7)/t11-,12+,13-;/m1./s1. The van der Waals surface area contributed by atoms with Gasteiger partial charge >= 0.3 is 12.1 Å². The molecule has 0 aliphatic carbocycles. The van der Waals surface area contributed by atoms with Gasteiger partial charge in [-0.25, -0.2) is 4.79 Å². The van der Waals surface area contributed by atoms with Crippen LogP contribution in [0.1, 0.15) is 5.56 Å². The summed E-state index contributed by atoms with van der Waals surface area (Å²) in [5.74, 6) is -2.13. The number of carboxylic acids is 1. The van der Waals surface area contributed by atoms with Crippen LogP contribution >= 0.6 is 11.3 Å². The fourth-order valence-corrected chi connectivity index (χ4v) is 3.81. The second-order valence-corrected chi connectivity index (χ2v) is 7.28. The van der Waals surface area contributed by atoms with Gasteiger partial charge in [0.25, 0.3) is 0 Å². The molecule has 0 spiro atoms. The van der Waals surface area contributed by atoms with Crippen molar-refractivity contribution >= 4 is 23.2 Å². The number of carbonyl (C=O) groups excluding carboxylic acids is 1. The zero-order valence-corrected chi connectivity index (χ0v) is 15.2. The zero-order valence-electron chi connectivity index (χ0n) is 14.4. The van der Waals surface area contributed by atoms with E-state index in [2.05, 4.69) is 21.7 Å². The number of aliphatic carboxylic acids is 1. The third kappa shape index (κ3) is 5.18. The highest BCUT2D eigenvalue weighted by Crippen LogP contribution is 2.35. The molecular formula is C16H21F3N2O4S. The molecule has 2 aliphatic heterocycles. The summed E-state index contributed by atoms with van der Waals surface area (Å²) < 4.78 is 37.6. The van der Waals surface area contributed by atoms with Gasteiger partial charge in [-0.1, -0.05) is 0 Å². The van der Waals surface area contributed by atoms with E-state index >= 15 is 0 Å². The molecule has 2 saturated heterocycles. The van der Waals surface area contributed by atoms with Crippen LogP contribution in [0.5, 0.6) is 0 Å². The van der Waals surface area contributed by atoms with Gasteiger partial charge in [0, 0.05) is 39.6 Å². The van der Waals surface area contributed by atoms with Crippen molar-refractivity contribution < 1.29 is 32.6 Å². The van der Waals surface area contributed by atoms with E-state index in [0.717, 1.165) is 19.6 Å². The van der Waals surface area contributed by atoms with Gasteiger partial charge in [-0.15, -0.1) is 0 Å². The molecule has 0 radical (unpaired) electrons. The molecule has 0 bridgehead atoms. The summed E-state index contributed by atoms with van der Waals surface area (Å²) in [5.41, 5.74) is 1.36. The van der Waals surface area contributed by atoms with Crippen LogP contribution < -0.4 is 0 Å². The Labute approximate surface area is 153 Å². The van der Waals surface area contributed by atoms with E-state index in [9.17, 15) is 18.0 Å². The van der Waals surface area contributed by atoms with Crippen LogP contribution in [0.4, 0.5) is 13.2 Å². The van der Waals surface area contributed by atoms with Gasteiger partial charge in [0.05, 0.1) is 18.6 Å². The van der Waals surface area contributed by atoms with E-state index in [1.807, 2.05) is 14.1 Å². The Bertz CT molecular complexity index is 622. The van der Waals surface area contributed by atoms with Crippen molar-refractivity contribution in [1.82, 2.24) is 9.80 Å². The van der Waals surface area contributed by atoms with Crippen LogP contribution in [0.15, 0.2) is 16.8 Å². The molecule has 3 heterocycles. The lowest BCUT2D eigenvalue weighted by molar-refractivity contribution is -0.192. The minimum Gasteiger partial charge on any atom is -0.475 e. The fourth-order valence-electron chi connectivity index (χ4n) is 3.15. The molecule has 3 atom stereocenters. The second-order valence-electron chi connectivity index (χ2n) is 6.50. The maximum Gasteiger partial charge on any atom is 0.490 e. The number of hydrogen-bond acceptors (Lipinski definition) is 5. The van der Waals surface area contributed by atoms with Crippen molar-refractivity contribution in [2.24, 2.45) is 11.8 Å². The summed E-state index contributed by atoms with van der Waals surface area (Å²) in [4.78, 5) is 25.1. The highest BCUT2D eigenvalue weighted by atomic mass is 32.1. The number of amides is 1. The van der Waals surface area contributed by atoms with E-state index in [0.29, 0.717) is 12.5 Å². The first kappa shape index (κ1) is 20.7. The number of carbonyl (C=O) groups is 2. The maximum atomic E-state index is 12.1. The predicted octanol–water partition coefficient (Wildman–Crippen LogP) is 1.92. The molecule has 6 nitrogen and oxygen atoms in total. The molecule has 0 saturated carbocycles. The fraction of sp³-hybridized carbons (Fsp3) is 0.625. The normalized spacial score (nSPS) is 25.3. The van der Waals surface area contributed by atoms with Gasteiger partial charge in [0.15, 0.2) is 0 Å². The first-order valence-corrected chi connectivity index (χ1v) is 8.90. The molecule has 0 aromatic carbocycles. The van der Waals surface area contributed by atoms with E-state index < -0.39 is 12.1 Å². The molecule has 0 unspecified atom stereocenters. The summed E-state index contributed by atoms with van der Waals surface area (Å²) in [5, 5.41) is 11.4. The average molecular weight is 394 g/mol. The number of ether oxygens (including phenoxy) is 1. The van der Waals surface area contributed by atoms with E-state index in [-0.39, 0.29) is 17.9 Å². The Kier molecular flexibility index (Phi) is 6.64. The van der Waals surface area contributed by atoms with Crippen molar-refractivity contribution in [3.8, 4) is 0 Å². The van der Waals surface area contributed by atoms with Crippen LogP contribution in [0.3, 0.4) is 0 Å². The molecule has 10 heteroatoms. The Morgan fingerprint density at radius 1 is 1.38 bits per heavy atom. The van der Waals surface area contributed by atoms with Crippen molar-refractivity contribution in [2.75, 3.05) is 33.8 Å². The molecule has 1 aromatic heterocycles. The molecule has 26 heavy (non-hydrogen) atoms. The molecule has 2 fully saturated rings. The highest BCUT2D eigenvalue weighted by molar-refractivity contribution is 7.07. The lowest BCUT2D eigenvalue weighted by Gasteiger charge is -2.21. The second kappa shape index (κ2) is 8.36. The average Bonchev–Trinajstić information content (AvgIpc) is 3.23. The first-order valence-electron chi connectivity index (χ1n) is 7.96. The van der Waals surface area contributed by atoms with Gasteiger partial charge in [-0.3, -0.25) is 9.69 Å². The van der Waals surface area contributed by atoms with Gasteiger partial charge in [-0.05, 0) is 22.4 Å². The van der Waals surface area contributed by atoms with Crippen LogP contribution in [-0.4, -0.2) is 72.9 Å². The summed E-state index contributed by atoms with van der Waals surface area (Å²) in [6, 6.07) is 2.17. The summed E-state index contributed by atoms with van der Waals surface area (Å²) >= 11 is 1.73.